The van der Waals surface area contributed by atoms with Gasteiger partial charge in [-0.3, -0.25) is 13.9 Å². The molecule has 0 fully saturated rings. The standard InChI is InChI=1S/C28H31Cl2N3O5S/c1-19(2)31-28(35)20(3)32(17-21-10-8-11-22(16-21)38-4)26(34)18-33(25-15-9-14-24(29)27(25)30)39(36,37)23-12-6-5-7-13-23/h5-16,19-20H,17-18H2,1-4H3,(H,31,35)/t20-/m1/s1. The number of rotatable bonds is 11. The Kier molecular flexibility index (Phi) is 10.2. The highest BCUT2D eigenvalue weighted by molar-refractivity contribution is 7.92. The lowest BCUT2D eigenvalue weighted by Crippen LogP contribution is -2.52. The van der Waals surface area contributed by atoms with E-state index in [2.05, 4.69) is 5.32 Å². The molecule has 0 bridgehead atoms. The van der Waals surface area contributed by atoms with Crippen LogP contribution in [-0.4, -0.2) is 50.9 Å². The number of amides is 2. The normalized spacial score (nSPS) is 12.1. The second-order valence-corrected chi connectivity index (χ2v) is 11.8. The molecule has 0 radical (unpaired) electrons. The van der Waals surface area contributed by atoms with Gasteiger partial charge in [-0.1, -0.05) is 59.6 Å². The largest absolute Gasteiger partial charge is 0.497 e. The van der Waals surface area contributed by atoms with E-state index in [9.17, 15) is 18.0 Å². The van der Waals surface area contributed by atoms with Crippen LogP contribution in [0.1, 0.15) is 26.3 Å². The van der Waals surface area contributed by atoms with Crippen LogP contribution in [0.25, 0.3) is 0 Å². The summed E-state index contributed by atoms with van der Waals surface area (Å²) in [5.41, 5.74) is 0.743. The highest BCUT2D eigenvalue weighted by atomic mass is 35.5. The van der Waals surface area contributed by atoms with E-state index in [0.717, 1.165) is 4.31 Å². The monoisotopic (exact) mass is 591 g/mol. The van der Waals surface area contributed by atoms with E-state index in [-0.39, 0.29) is 39.1 Å². The van der Waals surface area contributed by atoms with Crippen molar-refractivity contribution in [3.63, 3.8) is 0 Å². The van der Waals surface area contributed by atoms with Gasteiger partial charge in [0.05, 0.1) is 27.7 Å². The predicted octanol–water partition coefficient (Wildman–Crippen LogP) is 5.14. The zero-order valence-electron chi connectivity index (χ0n) is 22.1. The van der Waals surface area contributed by atoms with Crippen LogP contribution in [0.15, 0.2) is 77.7 Å². The maximum absolute atomic E-state index is 13.9. The van der Waals surface area contributed by atoms with Crippen molar-refractivity contribution in [3.8, 4) is 5.75 Å². The number of sulfonamides is 1. The molecule has 11 heteroatoms. The lowest BCUT2D eigenvalue weighted by atomic mass is 10.1. The van der Waals surface area contributed by atoms with Crippen LogP contribution in [0, 0.1) is 0 Å². The quantitative estimate of drug-likeness (QED) is 0.333. The highest BCUT2D eigenvalue weighted by Gasteiger charge is 2.33. The van der Waals surface area contributed by atoms with Crippen LogP contribution in [0.4, 0.5) is 5.69 Å². The fraction of sp³-hybridized carbons (Fsp3) is 0.286. The molecule has 0 aromatic heterocycles. The Bertz CT molecular complexity index is 1420. The van der Waals surface area contributed by atoms with Gasteiger partial charge < -0.3 is 15.0 Å². The molecule has 1 N–H and O–H groups in total. The molecule has 3 aromatic rings. The van der Waals surface area contributed by atoms with Crippen molar-refractivity contribution in [1.82, 2.24) is 10.2 Å². The number of ether oxygens (including phenoxy) is 1. The summed E-state index contributed by atoms with van der Waals surface area (Å²) >= 11 is 12.7. The van der Waals surface area contributed by atoms with Gasteiger partial charge in [0, 0.05) is 12.6 Å². The van der Waals surface area contributed by atoms with Gasteiger partial charge in [-0.05, 0) is 62.7 Å². The fourth-order valence-electron chi connectivity index (χ4n) is 3.87. The zero-order chi connectivity index (χ0) is 28.7. The maximum atomic E-state index is 13.9. The molecule has 3 aromatic carbocycles. The van der Waals surface area contributed by atoms with Crippen LogP contribution in [0.3, 0.4) is 0 Å². The van der Waals surface area contributed by atoms with E-state index >= 15 is 0 Å². The number of nitrogens with zero attached hydrogens (tertiary/aromatic N) is 2. The number of halogens is 2. The van der Waals surface area contributed by atoms with Gasteiger partial charge >= 0.3 is 0 Å². The Morgan fingerprint density at radius 2 is 1.62 bits per heavy atom. The summed E-state index contributed by atoms with van der Waals surface area (Å²) in [6.07, 6.45) is 0. The molecular weight excluding hydrogens is 561 g/mol. The Morgan fingerprint density at radius 1 is 0.949 bits per heavy atom. The van der Waals surface area contributed by atoms with Crippen LogP contribution in [0.2, 0.25) is 10.0 Å². The summed E-state index contributed by atoms with van der Waals surface area (Å²) in [4.78, 5) is 28.2. The van der Waals surface area contributed by atoms with Crippen LogP contribution < -0.4 is 14.4 Å². The molecule has 0 aliphatic heterocycles. The zero-order valence-corrected chi connectivity index (χ0v) is 24.4. The topological polar surface area (TPSA) is 96.0 Å². The number of benzene rings is 3. The Balaban J connectivity index is 2.07. The number of carbonyl (C=O) groups is 2. The molecule has 0 saturated carbocycles. The van der Waals surface area contributed by atoms with E-state index in [4.69, 9.17) is 27.9 Å². The predicted molar refractivity (Wildman–Crippen MR) is 154 cm³/mol. The van der Waals surface area contributed by atoms with Gasteiger partial charge in [-0.25, -0.2) is 8.42 Å². The number of hydrogen-bond donors (Lipinski definition) is 1. The first-order chi connectivity index (χ1) is 18.4. The lowest BCUT2D eigenvalue weighted by molar-refractivity contribution is -0.139. The third kappa shape index (κ3) is 7.44. The average Bonchev–Trinajstić information content (AvgIpc) is 2.91. The first-order valence-corrected chi connectivity index (χ1v) is 14.4. The van der Waals surface area contributed by atoms with Crippen molar-refractivity contribution < 1.29 is 22.7 Å². The number of hydrogen-bond acceptors (Lipinski definition) is 5. The van der Waals surface area contributed by atoms with Gasteiger partial charge in [0.2, 0.25) is 11.8 Å². The molecular formula is C28H31Cl2N3O5S. The summed E-state index contributed by atoms with van der Waals surface area (Å²) in [6, 6.07) is 18.3. The third-order valence-electron chi connectivity index (χ3n) is 5.90. The molecule has 0 unspecified atom stereocenters. The molecule has 8 nitrogen and oxygen atoms in total. The number of carbonyl (C=O) groups excluding carboxylic acids is 2. The molecule has 39 heavy (non-hydrogen) atoms. The summed E-state index contributed by atoms with van der Waals surface area (Å²) in [5, 5.41) is 2.93. The molecule has 2 amide bonds. The van der Waals surface area contributed by atoms with Crippen LogP contribution in [-0.2, 0) is 26.2 Å². The minimum absolute atomic E-state index is 0.0172. The minimum atomic E-state index is -4.25. The molecule has 0 aliphatic carbocycles. The Morgan fingerprint density at radius 3 is 2.26 bits per heavy atom. The molecule has 3 rings (SSSR count). The summed E-state index contributed by atoms with van der Waals surface area (Å²) in [6.45, 7) is 4.63. The van der Waals surface area contributed by atoms with Crippen LogP contribution >= 0.6 is 23.2 Å². The Labute approximate surface area is 239 Å². The minimum Gasteiger partial charge on any atom is -0.497 e. The van der Waals surface area contributed by atoms with Crippen molar-refractivity contribution in [1.29, 1.82) is 0 Å². The summed E-state index contributed by atoms with van der Waals surface area (Å²) in [5.74, 6) is -0.405. The summed E-state index contributed by atoms with van der Waals surface area (Å²) in [7, 11) is -2.72. The van der Waals surface area contributed by atoms with Crippen molar-refractivity contribution >= 4 is 50.7 Å². The number of nitrogens with one attached hydrogen (secondary N) is 1. The molecule has 0 spiro atoms. The summed E-state index contributed by atoms with van der Waals surface area (Å²) < 4.78 is 33.8. The molecule has 0 heterocycles. The van der Waals surface area contributed by atoms with Gasteiger partial charge in [-0.2, -0.15) is 0 Å². The molecule has 1 atom stereocenters. The molecule has 0 saturated heterocycles. The van der Waals surface area contributed by atoms with Crippen molar-refractivity contribution in [2.75, 3.05) is 18.0 Å². The smallest absolute Gasteiger partial charge is 0.264 e. The van der Waals surface area contributed by atoms with E-state index in [1.54, 1.807) is 55.5 Å². The average molecular weight is 593 g/mol. The van der Waals surface area contributed by atoms with Crippen molar-refractivity contribution in [2.45, 2.75) is 44.3 Å². The first kappa shape index (κ1) is 30.3. The van der Waals surface area contributed by atoms with Gasteiger partial charge in [0.25, 0.3) is 10.0 Å². The Hall–Kier alpha value is -3.27. The second-order valence-electron chi connectivity index (χ2n) is 9.11. The maximum Gasteiger partial charge on any atom is 0.264 e. The van der Waals surface area contributed by atoms with E-state index in [1.807, 2.05) is 13.8 Å². The van der Waals surface area contributed by atoms with E-state index in [0.29, 0.717) is 11.3 Å². The van der Waals surface area contributed by atoms with E-state index in [1.165, 1.54) is 36.3 Å². The van der Waals surface area contributed by atoms with Gasteiger partial charge in [0.1, 0.15) is 18.3 Å². The molecule has 0 aliphatic rings. The number of methoxy groups -OCH3 is 1. The van der Waals surface area contributed by atoms with Gasteiger partial charge in [-0.15, -0.1) is 0 Å². The second kappa shape index (κ2) is 13.2. The first-order valence-electron chi connectivity index (χ1n) is 12.2. The van der Waals surface area contributed by atoms with Crippen molar-refractivity contribution in [3.05, 3.63) is 88.4 Å². The van der Waals surface area contributed by atoms with Crippen LogP contribution in [0.5, 0.6) is 5.75 Å². The fourth-order valence-corrected chi connectivity index (χ4v) is 5.77. The number of anilines is 1. The van der Waals surface area contributed by atoms with E-state index < -0.39 is 28.5 Å². The third-order valence-corrected chi connectivity index (χ3v) is 8.48. The molecule has 208 valence electrons. The highest BCUT2D eigenvalue weighted by Crippen LogP contribution is 2.35. The van der Waals surface area contributed by atoms with Crippen molar-refractivity contribution in [2.24, 2.45) is 0 Å². The SMILES string of the molecule is COc1cccc(CN(C(=O)CN(c2cccc(Cl)c2Cl)S(=O)(=O)c2ccccc2)[C@H](C)C(=O)NC(C)C)c1. The lowest BCUT2D eigenvalue weighted by Gasteiger charge is -2.32. The van der Waals surface area contributed by atoms with Gasteiger partial charge in [0.15, 0.2) is 0 Å².